The Morgan fingerprint density at radius 2 is 1.74 bits per heavy atom. The van der Waals surface area contributed by atoms with Crippen LogP contribution < -0.4 is 4.74 Å². The summed E-state index contributed by atoms with van der Waals surface area (Å²) in [6, 6.07) is 6.29. The fraction of sp³-hybridized carbons (Fsp3) is 0.606. The molecule has 1 atom stereocenters. The molecular weight excluding hydrogens is 472 g/mol. The topological polar surface area (TPSA) is 54.6 Å². The molecule has 1 amide bonds. The van der Waals surface area contributed by atoms with Crippen LogP contribution in [-0.2, 0) is 11.2 Å². The summed E-state index contributed by atoms with van der Waals surface area (Å²) in [5, 5.41) is 1.17. The molecule has 0 bridgehead atoms. The van der Waals surface area contributed by atoms with Crippen LogP contribution in [0.2, 0.25) is 0 Å². The van der Waals surface area contributed by atoms with Gasteiger partial charge in [0.1, 0.15) is 5.75 Å². The SMILES string of the molecule is CCCCC/C=C\C/C=C\CCCCCCCCOC(=O)N1CCC[C@@H]1Cc1c[nH]c2ccc(OC)cc12. The largest absolute Gasteiger partial charge is 0.497 e. The smallest absolute Gasteiger partial charge is 0.410 e. The number of nitrogens with one attached hydrogen (secondary N) is 1. The summed E-state index contributed by atoms with van der Waals surface area (Å²) in [7, 11) is 1.69. The van der Waals surface area contributed by atoms with Crippen molar-refractivity contribution in [1.82, 2.24) is 9.88 Å². The molecule has 38 heavy (non-hydrogen) atoms. The van der Waals surface area contributed by atoms with E-state index < -0.39 is 0 Å². The predicted octanol–water partition coefficient (Wildman–Crippen LogP) is 9.13. The van der Waals surface area contributed by atoms with Gasteiger partial charge in [-0.3, -0.25) is 0 Å². The zero-order valence-electron chi connectivity index (χ0n) is 23.9. The number of carbonyl (C=O) groups is 1. The first-order valence-corrected chi connectivity index (χ1v) is 15.1. The number of amides is 1. The van der Waals surface area contributed by atoms with Gasteiger partial charge in [-0.2, -0.15) is 0 Å². The average molecular weight is 523 g/mol. The van der Waals surface area contributed by atoms with E-state index in [2.05, 4.69) is 48.5 Å². The number of rotatable bonds is 18. The molecule has 1 fully saturated rings. The van der Waals surface area contributed by atoms with Gasteiger partial charge in [0.05, 0.1) is 13.7 Å². The molecule has 0 radical (unpaired) electrons. The number of H-pyrrole nitrogens is 1. The van der Waals surface area contributed by atoms with Crippen LogP contribution in [0.5, 0.6) is 5.75 Å². The summed E-state index contributed by atoms with van der Waals surface area (Å²) in [6.07, 6.45) is 28.6. The van der Waals surface area contributed by atoms with Crippen LogP contribution in [0, 0.1) is 0 Å². The number of allylic oxidation sites excluding steroid dienone is 4. The van der Waals surface area contributed by atoms with E-state index in [1.807, 2.05) is 17.0 Å². The lowest BCUT2D eigenvalue weighted by Gasteiger charge is -2.24. The zero-order valence-corrected chi connectivity index (χ0v) is 23.9. The minimum Gasteiger partial charge on any atom is -0.497 e. The van der Waals surface area contributed by atoms with Crippen LogP contribution in [0.3, 0.4) is 0 Å². The number of carbonyl (C=O) groups excluding carboxylic acids is 1. The number of aromatic nitrogens is 1. The minimum atomic E-state index is -0.146. The van der Waals surface area contributed by atoms with Gasteiger partial charge in [0.25, 0.3) is 0 Å². The van der Waals surface area contributed by atoms with Crippen molar-refractivity contribution in [3.05, 3.63) is 54.3 Å². The predicted molar refractivity (Wildman–Crippen MR) is 159 cm³/mol. The summed E-state index contributed by atoms with van der Waals surface area (Å²) >= 11 is 0. The third-order valence-electron chi connectivity index (χ3n) is 7.61. The van der Waals surface area contributed by atoms with Gasteiger partial charge in [-0.1, -0.05) is 69.8 Å². The average Bonchev–Trinajstić information content (AvgIpc) is 3.57. The van der Waals surface area contributed by atoms with Gasteiger partial charge < -0.3 is 19.4 Å². The quantitative estimate of drug-likeness (QED) is 0.157. The van der Waals surface area contributed by atoms with E-state index in [4.69, 9.17) is 9.47 Å². The van der Waals surface area contributed by atoms with E-state index >= 15 is 0 Å². The second-order valence-electron chi connectivity index (χ2n) is 10.6. The number of fused-ring (bicyclic) bond motifs is 1. The highest BCUT2D eigenvalue weighted by atomic mass is 16.6. The van der Waals surface area contributed by atoms with E-state index in [1.165, 1.54) is 68.7 Å². The van der Waals surface area contributed by atoms with Crippen molar-refractivity contribution in [1.29, 1.82) is 0 Å². The van der Waals surface area contributed by atoms with Crippen LogP contribution in [0.1, 0.15) is 102 Å². The highest BCUT2D eigenvalue weighted by Crippen LogP contribution is 2.28. The summed E-state index contributed by atoms with van der Waals surface area (Å²) in [4.78, 5) is 18.1. The van der Waals surface area contributed by atoms with Gasteiger partial charge in [0.15, 0.2) is 0 Å². The Labute approximate surface area is 230 Å². The molecule has 1 aliphatic rings. The number of hydrogen-bond donors (Lipinski definition) is 1. The first-order valence-electron chi connectivity index (χ1n) is 15.1. The summed E-state index contributed by atoms with van der Waals surface area (Å²) in [5.74, 6) is 0.856. The van der Waals surface area contributed by atoms with Crippen molar-refractivity contribution in [2.75, 3.05) is 20.3 Å². The third kappa shape index (κ3) is 10.2. The summed E-state index contributed by atoms with van der Waals surface area (Å²) in [6.45, 7) is 3.57. The molecule has 1 N–H and O–H groups in total. The molecule has 1 aromatic heterocycles. The van der Waals surface area contributed by atoms with Crippen molar-refractivity contribution in [3.8, 4) is 5.75 Å². The molecule has 1 saturated heterocycles. The molecule has 5 heteroatoms. The van der Waals surface area contributed by atoms with E-state index in [1.54, 1.807) is 7.11 Å². The van der Waals surface area contributed by atoms with Crippen LogP contribution >= 0.6 is 0 Å². The molecular formula is C33H50N2O3. The number of aromatic amines is 1. The maximum Gasteiger partial charge on any atom is 0.410 e. The van der Waals surface area contributed by atoms with Crippen LogP contribution in [0.15, 0.2) is 48.7 Å². The molecule has 210 valence electrons. The Kier molecular flexibility index (Phi) is 13.9. The number of hydrogen-bond acceptors (Lipinski definition) is 3. The van der Waals surface area contributed by atoms with Crippen molar-refractivity contribution >= 4 is 17.0 Å². The Hall–Kier alpha value is -2.69. The highest BCUT2D eigenvalue weighted by Gasteiger charge is 2.30. The van der Waals surface area contributed by atoms with Crippen LogP contribution in [-0.4, -0.2) is 42.3 Å². The molecule has 1 aromatic carbocycles. The lowest BCUT2D eigenvalue weighted by molar-refractivity contribution is 0.0964. The second kappa shape index (κ2) is 17.8. The van der Waals surface area contributed by atoms with E-state index in [9.17, 15) is 4.79 Å². The van der Waals surface area contributed by atoms with Crippen molar-refractivity contribution < 1.29 is 14.3 Å². The summed E-state index contributed by atoms with van der Waals surface area (Å²) in [5.41, 5.74) is 2.33. The number of methoxy groups -OCH3 is 1. The first kappa shape index (κ1) is 29.9. The van der Waals surface area contributed by atoms with Gasteiger partial charge in [-0.15, -0.1) is 0 Å². The maximum absolute atomic E-state index is 12.8. The van der Waals surface area contributed by atoms with Gasteiger partial charge in [-0.25, -0.2) is 4.79 Å². The zero-order chi connectivity index (χ0) is 26.8. The molecule has 1 aliphatic heterocycles. The normalized spacial score (nSPS) is 15.8. The van der Waals surface area contributed by atoms with Crippen molar-refractivity contribution in [2.45, 2.75) is 109 Å². The minimum absolute atomic E-state index is 0.146. The van der Waals surface area contributed by atoms with Crippen molar-refractivity contribution in [3.63, 3.8) is 0 Å². The molecule has 2 aromatic rings. The Morgan fingerprint density at radius 3 is 2.50 bits per heavy atom. The molecule has 0 saturated carbocycles. The Balaban J connectivity index is 1.22. The second-order valence-corrected chi connectivity index (χ2v) is 10.6. The number of ether oxygens (including phenoxy) is 2. The lowest BCUT2D eigenvalue weighted by Crippen LogP contribution is -2.37. The summed E-state index contributed by atoms with van der Waals surface area (Å²) < 4.78 is 11.1. The van der Waals surface area contributed by atoms with Crippen LogP contribution in [0.4, 0.5) is 4.79 Å². The Bertz CT molecular complexity index is 993. The highest BCUT2D eigenvalue weighted by molar-refractivity contribution is 5.84. The van der Waals surface area contributed by atoms with Gasteiger partial charge in [-0.05, 0) is 81.5 Å². The number of unbranched alkanes of at least 4 members (excludes halogenated alkanes) is 9. The standard InChI is InChI=1S/C33H50N2O3/c1-3-4-5-6-7-8-9-10-11-12-13-14-15-16-17-18-24-38-33(36)35-23-19-20-29(35)25-28-27-34-32-22-21-30(37-2)26-31(28)32/h7-8,10-11,21-22,26-27,29,34H,3-6,9,12-20,23-25H2,1-2H3/b8-7-,11-10-/t29-/m1/s1. The molecule has 2 heterocycles. The van der Waals surface area contributed by atoms with Gasteiger partial charge in [0, 0.05) is 29.7 Å². The molecule has 0 unspecified atom stereocenters. The molecule has 0 spiro atoms. The fourth-order valence-electron chi connectivity index (χ4n) is 5.33. The van der Waals surface area contributed by atoms with E-state index in [0.717, 1.165) is 56.3 Å². The number of likely N-dealkylation sites (tertiary alicyclic amines) is 1. The number of nitrogens with zero attached hydrogens (tertiary/aromatic N) is 1. The van der Waals surface area contributed by atoms with Gasteiger partial charge in [0.2, 0.25) is 0 Å². The monoisotopic (exact) mass is 522 g/mol. The van der Waals surface area contributed by atoms with Gasteiger partial charge >= 0.3 is 6.09 Å². The first-order chi connectivity index (χ1) is 18.7. The fourth-order valence-corrected chi connectivity index (χ4v) is 5.33. The Morgan fingerprint density at radius 1 is 1.00 bits per heavy atom. The maximum atomic E-state index is 12.8. The van der Waals surface area contributed by atoms with E-state index in [0.29, 0.717) is 6.61 Å². The van der Waals surface area contributed by atoms with E-state index in [-0.39, 0.29) is 12.1 Å². The van der Waals surface area contributed by atoms with Crippen molar-refractivity contribution in [2.24, 2.45) is 0 Å². The molecule has 5 nitrogen and oxygen atoms in total. The molecule has 3 rings (SSSR count). The molecule has 0 aliphatic carbocycles. The van der Waals surface area contributed by atoms with Crippen LogP contribution in [0.25, 0.3) is 10.9 Å². The number of benzene rings is 1. The third-order valence-corrected chi connectivity index (χ3v) is 7.61. The lowest BCUT2D eigenvalue weighted by atomic mass is 10.0.